The van der Waals surface area contributed by atoms with Gasteiger partial charge in [0.15, 0.2) is 6.29 Å². The van der Waals surface area contributed by atoms with Gasteiger partial charge in [-0.25, -0.2) is 0 Å². The van der Waals surface area contributed by atoms with Crippen molar-refractivity contribution >= 4 is 5.91 Å². The van der Waals surface area contributed by atoms with E-state index in [4.69, 9.17) is 10.5 Å². The number of hydrogen-bond acceptors (Lipinski definition) is 3. The second-order valence-electron chi connectivity index (χ2n) is 5.54. The zero-order valence-electron chi connectivity index (χ0n) is 10.3. The maximum atomic E-state index is 10.7. The number of hydrogen-bond donors (Lipinski definition) is 2. The number of carbonyl (C=O) groups is 1. The topological polar surface area (TPSA) is 72.6 Å². The van der Waals surface area contributed by atoms with Crippen LogP contribution in [0.5, 0.6) is 0 Å². The first-order valence-corrected chi connectivity index (χ1v) is 5.19. The highest BCUT2D eigenvalue weighted by Crippen LogP contribution is 2.30. The molecule has 0 saturated carbocycles. The summed E-state index contributed by atoms with van der Waals surface area (Å²) in [6.07, 6.45) is -0.117. The Morgan fingerprint density at radius 1 is 1.33 bits per heavy atom. The smallest absolute Gasteiger partial charge is 0.217 e. The first-order chi connectivity index (χ1) is 6.54. The van der Waals surface area contributed by atoms with Gasteiger partial charge in [-0.3, -0.25) is 4.79 Å². The minimum absolute atomic E-state index is 0.261. The van der Waals surface area contributed by atoms with E-state index in [0.29, 0.717) is 6.42 Å². The van der Waals surface area contributed by atoms with Crippen molar-refractivity contribution in [1.82, 2.24) is 0 Å². The van der Waals surface area contributed by atoms with Gasteiger partial charge in [-0.2, -0.15) is 0 Å². The summed E-state index contributed by atoms with van der Waals surface area (Å²) in [6.45, 7) is 9.33. The summed E-state index contributed by atoms with van der Waals surface area (Å²) in [6, 6.07) is 0. The highest BCUT2D eigenvalue weighted by atomic mass is 16.6. The fourth-order valence-corrected chi connectivity index (χ4v) is 1.06. The molecule has 0 spiro atoms. The van der Waals surface area contributed by atoms with Crippen LogP contribution in [0, 0.1) is 5.41 Å². The van der Waals surface area contributed by atoms with Crippen LogP contribution < -0.4 is 5.73 Å². The van der Waals surface area contributed by atoms with Crippen LogP contribution >= 0.6 is 0 Å². The van der Waals surface area contributed by atoms with Crippen LogP contribution in [0.2, 0.25) is 0 Å². The van der Waals surface area contributed by atoms with Gasteiger partial charge in [0.2, 0.25) is 5.91 Å². The molecule has 4 nitrogen and oxygen atoms in total. The van der Waals surface area contributed by atoms with E-state index in [1.807, 2.05) is 34.6 Å². The van der Waals surface area contributed by atoms with Crippen molar-refractivity contribution < 1.29 is 14.6 Å². The minimum Gasteiger partial charge on any atom is -0.370 e. The van der Waals surface area contributed by atoms with Gasteiger partial charge in [0.1, 0.15) is 0 Å². The SMILES string of the molecule is CC(C)(C)OC(O)C(C)(C)CCC(N)=O. The molecule has 0 rings (SSSR count). The molecule has 0 aromatic rings. The predicted octanol–water partition coefficient (Wildman–Crippen LogP) is 1.41. The number of primary amides is 1. The van der Waals surface area contributed by atoms with Gasteiger partial charge in [0.25, 0.3) is 0 Å². The van der Waals surface area contributed by atoms with Gasteiger partial charge in [-0.1, -0.05) is 13.8 Å². The summed E-state index contributed by atoms with van der Waals surface area (Å²) in [5.41, 5.74) is 4.20. The molecule has 0 aliphatic carbocycles. The van der Waals surface area contributed by atoms with Crippen molar-refractivity contribution in [3.05, 3.63) is 0 Å². The third-order valence-corrected chi connectivity index (χ3v) is 2.15. The normalized spacial score (nSPS) is 15.1. The van der Waals surface area contributed by atoms with Gasteiger partial charge < -0.3 is 15.6 Å². The van der Waals surface area contributed by atoms with Crippen molar-refractivity contribution in [1.29, 1.82) is 0 Å². The van der Waals surface area contributed by atoms with Crippen molar-refractivity contribution in [3.63, 3.8) is 0 Å². The fraction of sp³-hybridized carbons (Fsp3) is 0.909. The Morgan fingerprint density at radius 2 is 1.80 bits per heavy atom. The maximum absolute atomic E-state index is 10.7. The van der Waals surface area contributed by atoms with Crippen LogP contribution in [-0.2, 0) is 9.53 Å². The van der Waals surface area contributed by atoms with Crippen LogP contribution in [0.3, 0.4) is 0 Å². The highest BCUT2D eigenvalue weighted by molar-refractivity contribution is 5.73. The Balaban J connectivity index is 4.25. The Morgan fingerprint density at radius 3 is 2.13 bits per heavy atom. The monoisotopic (exact) mass is 217 g/mol. The van der Waals surface area contributed by atoms with Crippen LogP contribution in [0.4, 0.5) is 0 Å². The molecule has 1 amide bonds. The highest BCUT2D eigenvalue weighted by Gasteiger charge is 2.31. The van der Waals surface area contributed by atoms with Crippen molar-refractivity contribution in [2.45, 2.75) is 59.4 Å². The molecule has 0 aliphatic rings. The van der Waals surface area contributed by atoms with Crippen LogP contribution in [0.1, 0.15) is 47.5 Å². The molecule has 1 atom stereocenters. The molecule has 15 heavy (non-hydrogen) atoms. The Hall–Kier alpha value is -0.610. The quantitative estimate of drug-likeness (QED) is 0.684. The van der Waals surface area contributed by atoms with Gasteiger partial charge >= 0.3 is 0 Å². The van der Waals surface area contributed by atoms with Crippen LogP contribution in [0.15, 0.2) is 0 Å². The first kappa shape index (κ1) is 14.4. The largest absolute Gasteiger partial charge is 0.370 e. The molecule has 0 bridgehead atoms. The average molecular weight is 217 g/mol. The molecule has 0 saturated heterocycles. The number of aliphatic hydroxyl groups excluding tert-OH is 1. The average Bonchev–Trinajstić information content (AvgIpc) is 1.97. The van der Waals surface area contributed by atoms with Gasteiger partial charge in [0, 0.05) is 11.8 Å². The number of carbonyl (C=O) groups excluding carboxylic acids is 1. The lowest BCUT2D eigenvalue weighted by Gasteiger charge is -2.34. The second kappa shape index (κ2) is 4.94. The number of nitrogens with two attached hydrogens (primary N) is 1. The lowest BCUT2D eigenvalue weighted by Crippen LogP contribution is -2.38. The Bertz CT molecular complexity index is 218. The van der Waals surface area contributed by atoms with Crippen molar-refractivity contribution in [2.75, 3.05) is 0 Å². The molecule has 90 valence electrons. The van der Waals surface area contributed by atoms with E-state index in [1.165, 1.54) is 0 Å². The molecular formula is C11H23NO3. The van der Waals surface area contributed by atoms with E-state index in [1.54, 1.807) is 0 Å². The van der Waals surface area contributed by atoms with E-state index in [0.717, 1.165) is 0 Å². The molecule has 0 aromatic carbocycles. The fourth-order valence-electron chi connectivity index (χ4n) is 1.06. The summed E-state index contributed by atoms with van der Waals surface area (Å²) < 4.78 is 5.44. The molecule has 3 N–H and O–H groups in total. The van der Waals surface area contributed by atoms with Crippen LogP contribution in [-0.4, -0.2) is 22.9 Å². The molecule has 0 heterocycles. The third kappa shape index (κ3) is 6.47. The second-order valence-corrected chi connectivity index (χ2v) is 5.54. The Labute approximate surface area is 91.8 Å². The predicted molar refractivity (Wildman–Crippen MR) is 59.1 cm³/mol. The van der Waals surface area contributed by atoms with Crippen molar-refractivity contribution in [2.24, 2.45) is 11.1 Å². The van der Waals surface area contributed by atoms with Gasteiger partial charge in [-0.05, 0) is 27.2 Å². The molecule has 0 aromatic heterocycles. The summed E-state index contributed by atoms with van der Waals surface area (Å²) in [4.78, 5) is 10.7. The summed E-state index contributed by atoms with van der Waals surface area (Å²) >= 11 is 0. The number of amides is 1. The maximum Gasteiger partial charge on any atom is 0.217 e. The summed E-state index contributed by atoms with van der Waals surface area (Å²) in [7, 11) is 0. The lowest BCUT2D eigenvalue weighted by molar-refractivity contribution is -0.217. The third-order valence-electron chi connectivity index (χ3n) is 2.15. The lowest BCUT2D eigenvalue weighted by atomic mass is 9.86. The number of rotatable bonds is 5. The zero-order chi connectivity index (χ0) is 12.3. The summed E-state index contributed by atoms with van der Waals surface area (Å²) in [5.74, 6) is -0.356. The molecule has 1 unspecified atom stereocenters. The molecule has 0 fully saturated rings. The summed E-state index contributed by atoms with van der Waals surface area (Å²) in [5, 5.41) is 9.85. The van der Waals surface area contributed by atoms with E-state index < -0.39 is 17.3 Å². The minimum atomic E-state index is -0.892. The van der Waals surface area contributed by atoms with Gasteiger partial charge in [-0.15, -0.1) is 0 Å². The molecule has 0 radical (unpaired) electrons. The van der Waals surface area contributed by atoms with Crippen LogP contribution in [0.25, 0.3) is 0 Å². The number of aliphatic hydroxyl groups is 1. The van der Waals surface area contributed by atoms with E-state index in [2.05, 4.69) is 0 Å². The van der Waals surface area contributed by atoms with E-state index in [9.17, 15) is 9.90 Å². The molecule has 0 aliphatic heterocycles. The number of ether oxygens (including phenoxy) is 1. The standard InChI is InChI=1S/C11H23NO3/c1-10(2,3)15-9(14)11(4,5)7-6-8(12)13/h9,14H,6-7H2,1-5H3,(H2,12,13). The van der Waals surface area contributed by atoms with Crippen molar-refractivity contribution in [3.8, 4) is 0 Å². The van der Waals surface area contributed by atoms with E-state index in [-0.39, 0.29) is 12.3 Å². The Kier molecular flexibility index (Phi) is 4.74. The first-order valence-electron chi connectivity index (χ1n) is 5.19. The van der Waals surface area contributed by atoms with E-state index >= 15 is 0 Å². The molecule has 4 heteroatoms. The zero-order valence-corrected chi connectivity index (χ0v) is 10.3. The molecular weight excluding hydrogens is 194 g/mol. The van der Waals surface area contributed by atoms with Gasteiger partial charge in [0.05, 0.1) is 5.60 Å².